The highest BCUT2D eigenvalue weighted by molar-refractivity contribution is 8.00. The largest absolute Gasteiger partial charge is 0.450 e. The van der Waals surface area contributed by atoms with Gasteiger partial charge in [0.15, 0.2) is 9.77 Å². The van der Waals surface area contributed by atoms with Crippen LogP contribution in [-0.2, 0) is 0 Å². The number of hydrogen-bond donors (Lipinski definition) is 0. The first-order valence-electron chi connectivity index (χ1n) is 8.51. The van der Waals surface area contributed by atoms with Crippen LogP contribution in [0.3, 0.4) is 0 Å². The summed E-state index contributed by atoms with van der Waals surface area (Å²) in [5.74, 6) is -0.311. The van der Waals surface area contributed by atoms with Gasteiger partial charge in [-0.2, -0.15) is 0 Å². The summed E-state index contributed by atoms with van der Waals surface area (Å²) in [5, 5.41) is 9.20. The fourth-order valence-corrected chi connectivity index (χ4v) is 4.74. The van der Waals surface area contributed by atoms with Crippen molar-refractivity contribution in [2.24, 2.45) is 0 Å². The smallest absolute Gasteiger partial charge is 0.297 e. The Morgan fingerprint density at radius 3 is 2.54 bits per heavy atom. The van der Waals surface area contributed by atoms with E-state index >= 15 is 0 Å². The standard InChI is InChI=1S/C20H13N3O3S2/c1-27-20-22-21-19(28-20)23-15(11-7-3-2-4-8-11)14-16(24)12-9-5-6-10-13(12)26-17(14)18(23)25/h2-10,15H,1H3/t15-/m1/s1. The Morgan fingerprint density at radius 1 is 1.04 bits per heavy atom. The van der Waals surface area contributed by atoms with Crippen LogP contribution in [0.5, 0.6) is 0 Å². The minimum atomic E-state index is -0.604. The minimum absolute atomic E-state index is 0.0680. The molecule has 0 saturated heterocycles. The fraction of sp³-hybridized carbons (Fsp3) is 0.100. The number of anilines is 1. The van der Waals surface area contributed by atoms with Gasteiger partial charge in [-0.1, -0.05) is 65.6 Å². The Morgan fingerprint density at radius 2 is 1.79 bits per heavy atom. The Hall–Kier alpha value is -2.97. The van der Waals surface area contributed by atoms with E-state index in [4.69, 9.17) is 4.42 Å². The van der Waals surface area contributed by atoms with Crippen molar-refractivity contribution in [3.8, 4) is 0 Å². The second-order valence-electron chi connectivity index (χ2n) is 6.21. The quantitative estimate of drug-likeness (QED) is 0.376. The van der Waals surface area contributed by atoms with Crippen LogP contribution in [0.15, 0.2) is 68.1 Å². The van der Waals surface area contributed by atoms with Crippen LogP contribution in [0.2, 0.25) is 0 Å². The molecule has 138 valence electrons. The van der Waals surface area contributed by atoms with Crippen molar-refractivity contribution in [3.05, 3.63) is 81.7 Å². The Bertz CT molecular complexity index is 1270. The number of hydrogen-bond acceptors (Lipinski definition) is 7. The van der Waals surface area contributed by atoms with Gasteiger partial charge in [-0.25, -0.2) is 0 Å². The van der Waals surface area contributed by atoms with Crippen LogP contribution in [0.4, 0.5) is 5.13 Å². The van der Waals surface area contributed by atoms with Gasteiger partial charge in [0, 0.05) is 0 Å². The number of para-hydroxylation sites is 1. The van der Waals surface area contributed by atoms with Crippen molar-refractivity contribution < 1.29 is 9.21 Å². The maximum atomic E-state index is 13.3. The number of thioether (sulfide) groups is 1. The second kappa shape index (κ2) is 6.57. The summed E-state index contributed by atoms with van der Waals surface area (Å²) >= 11 is 2.77. The van der Waals surface area contributed by atoms with Crippen LogP contribution in [0.25, 0.3) is 11.0 Å². The van der Waals surface area contributed by atoms with Crippen LogP contribution < -0.4 is 10.3 Å². The molecule has 6 nitrogen and oxygen atoms in total. The summed E-state index contributed by atoms with van der Waals surface area (Å²) in [7, 11) is 0. The molecular weight excluding hydrogens is 394 g/mol. The van der Waals surface area contributed by atoms with Gasteiger partial charge in [-0.15, -0.1) is 10.2 Å². The van der Waals surface area contributed by atoms with Gasteiger partial charge < -0.3 is 4.42 Å². The minimum Gasteiger partial charge on any atom is -0.450 e. The van der Waals surface area contributed by atoms with Gasteiger partial charge in [0.25, 0.3) is 5.91 Å². The summed E-state index contributed by atoms with van der Waals surface area (Å²) < 4.78 is 6.64. The third kappa shape index (κ3) is 2.49. The predicted octanol–water partition coefficient (Wildman–Crippen LogP) is 4.12. The van der Waals surface area contributed by atoms with Crippen molar-refractivity contribution in [2.45, 2.75) is 10.4 Å². The molecule has 0 spiro atoms. The maximum absolute atomic E-state index is 13.3. The van der Waals surface area contributed by atoms with Gasteiger partial charge in [-0.3, -0.25) is 14.5 Å². The molecule has 0 unspecified atom stereocenters. The third-order valence-electron chi connectivity index (χ3n) is 4.67. The summed E-state index contributed by atoms with van der Waals surface area (Å²) in [6, 6.07) is 15.8. The molecule has 0 N–H and O–H groups in total. The third-order valence-corrected chi connectivity index (χ3v) is 6.57. The van der Waals surface area contributed by atoms with E-state index in [1.165, 1.54) is 28.0 Å². The summed E-state index contributed by atoms with van der Waals surface area (Å²) in [6.45, 7) is 0. The number of benzene rings is 2. The maximum Gasteiger partial charge on any atom is 0.297 e. The van der Waals surface area contributed by atoms with E-state index in [1.54, 1.807) is 24.3 Å². The average Bonchev–Trinajstić information content (AvgIpc) is 3.32. The molecule has 8 heteroatoms. The molecule has 1 aliphatic heterocycles. The molecule has 28 heavy (non-hydrogen) atoms. The van der Waals surface area contributed by atoms with Gasteiger partial charge in [0.1, 0.15) is 5.58 Å². The topological polar surface area (TPSA) is 76.3 Å². The molecule has 0 aliphatic carbocycles. The molecule has 2 aromatic carbocycles. The van der Waals surface area contributed by atoms with Crippen molar-refractivity contribution in [3.63, 3.8) is 0 Å². The summed E-state index contributed by atoms with van der Waals surface area (Å²) in [4.78, 5) is 28.1. The number of nitrogens with zero attached hydrogens (tertiary/aromatic N) is 3. The molecule has 2 aromatic heterocycles. The highest BCUT2D eigenvalue weighted by Gasteiger charge is 2.45. The monoisotopic (exact) mass is 407 g/mol. The first kappa shape index (κ1) is 17.2. The lowest BCUT2D eigenvalue weighted by Gasteiger charge is -2.21. The van der Waals surface area contributed by atoms with Crippen LogP contribution in [0, 0.1) is 0 Å². The second-order valence-corrected chi connectivity index (χ2v) is 8.22. The zero-order chi connectivity index (χ0) is 19.3. The summed E-state index contributed by atoms with van der Waals surface area (Å²) in [6.07, 6.45) is 1.90. The number of fused-ring (bicyclic) bond motifs is 2. The predicted molar refractivity (Wildman–Crippen MR) is 109 cm³/mol. The molecule has 1 aliphatic rings. The molecule has 4 aromatic rings. The molecular formula is C20H13N3O3S2. The van der Waals surface area contributed by atoms with Gasteiger partial charge in [-0.05, 0) is 24.0 Å². The van der Waals surface area contributed by atoms with E-state index in [-0.39, 0.29) is 17.1 Å². The van der Waals surface area contributed by atoms with Crippen LogP contribution in [0.1, 0.15) is 27.7 Å². The Labute approximate surface area is 167 Å². The molecule has 1 amide bonds. The number of carbonyl (C=O) groups excluding carboxylic acids is 1. The SMILES string of the molecule is CSc1nnc(N2C(=O)c3oc4ccccc4c(=O)c3[C@H]2c2ccccc2)s1. The summed E-state index contributed by atoms with van der Waals surface area (Å²) in [5.41, 5.74) is 1.36. The molecule has 5 rings (SSSR count). The van der Waals surface area contributed by atoms with Crippen LogP contribution >= 0.6 is 23.1 Å². The zero-order valence-electron chi connectivity index (χ0n) is 14.7. The first-order chi connectivity index (χ1) is 13.7. The lowest BCUT2D eigenvalue weighted by atomic mass is 9.99. The van der Waals surface area contributed by atoms with Gasteiger partial charge in [0.05, 0.1) is 17.0 Å². The van der Waals surface area contributed by atoms with Gasteiger partial charge in [0.2, 0.25) is 10.9 Å². The number of aromatic nitrogens is 2. The lowest BCUT2D eigenvalue weighted by Crippen LogP contribution is -2.29. The van der Waals surface area contributed by atoms with E-state index in [9.17, 15) is 9.59 Å². The molecule has 0 radical (unpaired) electrons. The average molecular weight is 407 g/mol. The van der Waals surface area contributed by atoms with E-state index in [1.807, 2.05) is 36.6 Å². The molecule has 0 bridgehead atoms. The molecule has 0 saturated carbocycles. The van der Waals surface area contributed by atoms with Crippen molar-refractivity contribution in [1.29, 1.82) is 0 Å². The van der Waals surface area contributed by atoms with Crippen molar-refractivity contribution >= 4 is 45.1 Å². The van der Waals surface area contributed by atoms with Crippen molar-refractivity contribution in [1.82, 2.24) is 10.2 Å². The van der Waals surface area contributed by atoms with E-state index in [0.717, 1.165) is 9.90 Å². The highest BCUT2D eigenvalue weighted by Crippen LogP contribution is 2.42. The van der Waals surface area contributed by atoms with E-state index in [0.29, 0.717) is 21.7 Å². The number of amides is 1. The zero-order valence-corrected chi connectivity index (χ0v) is 16.3. The molecule has 1 atom stereocenters. The van der Waals surface area contributed by atoms with Crippen LogP contribution in [-0.4, -0.2) is 22.4 Å². The van der Waals surface area contributed by atoms with Crippen molar-refractivity contribution in [2.75, 3.05) is 11.2 Å². The normalized spacial score (nSPS) is 16.0. The number of carbonyl (C=O) groups is 1. The Kier molecular flexibility index (Phi) is 4.03. The first-order valence-corrected chi connectivity index (χ1v) is 10.5. The molecule has 3 heterocycles. The van der Waals surface area contributed by atoms with E-state index in [2.05, 4.69) is 10.2 Å². The highest BCUT2D eigenvalue weighted by atomic mass is 32.2. The molecule has 0 fully saturated rings. The number of rotatable bonds is 3. The van der Waals surface area contributed by atoms with Gasteiger partial charge >= 0.3 is 0 Å². The fourth-order valence-electron chi connectivity index (χ4n) is 3.45. The van der Waals surface area contributed by atoms with E-state index < -0.39 is 6.04 Å². The Balaban J connectivity index is 1.80. The lowest BCUT2D eigenvalue weighted by molar-refractivity contribution is 0.0970.